The smallest absolute Gasteiger partial charge is 0.850 e. The number of anilines is 3. The van der Waals surface area contributed by atoms with Gasteiger partial charge in [-0.1, -0.05) is 119 Å². The zero-order valence-corrected chi connectivity index (χ0v) is 49.1. The monoisotopic (exact) mass is 1080 g/mol. The van der Waals surface area contributed by atoms with E-state index in [1.54, 1.807) is 94.3 Å². The van der Waals surface area contributed by atoms with E-state index in [0.29, 0.717) is 80.5 Å². The van der Waals surface area contributed by atoms with Gasteiger partial charge in [0, 0.05) is 61.5 Å². The molecule has 4 heterocycles. The van der Waals surface area contributed by atoms with E-state index >= 15 is 0 Å². The van der Waals surface area contributed by atoms with Gasteiger partial charge in [-0.25, -0.2) is 4.98 Å². The number of para-hydroxylation sites is 2. The third-order valence-corrected chi connectivity index (χ3v) is 13.4. The first-order chi connectivity index (χ1) is 30.7. The average molecular weight is 1080 g/mol. The molecule has 0 radical (unpaired) electrons. The van der Waals surface area contributed by atoms with E-state index in [0.717, 1.165) is 18.7 Å². The van der Waals surface area contributed by atoms with Gasteiger partial charge in [-0.05, 0) is 59.6 Å². The Morgan fingerprint density at radius 2 is 1.10 bits per heavy atom. The van der Waals surface area contributed by atoms with Gasteiger partial charge in [0.2, 0.25) is 10.6 Å². The molecule has 0 spiro atoms. The van der Waals surface area contributed by atoms with E-state index in [4.69, 9.17) is 73.2 Å². The van der Waals surface area contributed by atoms with Crippen molar-refractivity contribution in [2.24, 2.45) is 0 Å². The maximum Gasteiger partial charge on any atom is 1.00 e. The van der Waals surface area contributed by atoms with Gasteiger partial charge in [0.15, 0.2) is 5.65 Å². The standard InChI is InChI=1S/C20H25Cl2N5O2Si.C12H16Cl3N3OSi.C8H10N2O.C4H9O.K/c1-23-19(28)13-7-5-6-8-15(13)24-17-16-14(21)11-27(18(16)26-20(22)25-17)12-29-9-10-30(2,3)4;1-20(2,3)5-4-19-7-18-6-8(13)9-10(14)16-12(15)17-11(9)18;1-10-8(11)6-4-2-3-5-7(6)9;1-4(2,3)5;/h5-8,11H,9-10,12H2,1-4H3,(H,23,28)(H,24,25,26);6H,4-5,7H2,1-3H3;2-5H,9H2,1H3,(H,10,11);1-3H3;/q;;;-1;+1. The maximum atomic E-state index is 12.2. The molecular formula is C44H60Cl5KN10O5Si2. The van der Waals surface area contributed by atoms with Crippen LogP contribution in [0.1, 0.15) is 41.5 Å². The van der Waals surface area contributed by atoms with Crippen LogP contribution in [0.3, 0.4) is 0 Å². The van der Waals surface area contributed by atoms with Gasteiger partial charge < -0.3 is 45.4 Å². The fourth-order valence-corrected chi connectivity index (χ4v) is 8.23. The summed E-state index contributed by atoms with van der Waals surface area (Å²) in [6.45, 7) is 20.8. The summed E-state index contributed by atoms with van der Waals surface area (Å²) in [5, 5.41) is 21.0. The molecule has 0 atom stereocenters. The largest absolute Gasteiger partial charge is 1.00 e. The van der Waals surface area contributed by atoms with Crippen molar-refractivity contribution >= 4 is 125 Å². The SMILES string of the molecule is CC(C)(C)[O-].CNC(=O)c1ccccc1N.CNC(=O)c1ccccc1Nc1nc(Cl)nc2c1c(Cl)cn2COCC[Si](C)(C)C.C[Si](C)(C)CCOCn1cc(Cl)c2c(Cl)nc(Cl)nc21.[K+]. The molecule has 6 aromatic rings. The molecule has 0 saturated heterocycles. The summed E-state index contributed by atoms with van der Waals surface area (Å²) in [5.74, 6) is 0.0595. The molecule has 0 aliphatic rings. The first-order valence-corrected chi connectivity index (χ1v) is 30.1. The number of amides is 2. The molecule has 23 heteroatoms. The van der Waals surface area contributed by atoms with Gasteiger partial charge in [0.05, 0.1) is 37.6 Å². The van der Waals surface area contributed by atoms with Gasteiger partial charge in [-0.2, -0.15) is 15.0 Å². The summed E-state index contributed by atoms with van der Waals surface area (Å²) in [7, 11) is 0.897. The quantitative estimate of drug-likeness (QED) is 0.0275. The van der Waals surface area contributed by atoms with E-state index in [1.165, 1.54) is 0 Å². The summed E-state index contributed by atoms with van der Waals surface area (Å²) in [6.07, 6.45) is 3.49. The van der Waals surface area contributed by atoms with Crippen LogP contribution in [0.25, 0.3) is 22.1 Å². The van der Waals surface area contributed by atoms with Crippen LogP contribution in [0.2, 0.25) is 77.1 Å². The van der Waals surface area contributed by atoms with Crippen molar-refractivity contribution in [3.63, 3.8) is 0 Å². The topological polar surface area (TPSA) is 199 Å². The minimum Gasteiger partial charge on any atom is -0.850 e. The van der Waals surface area contributed by atoms with E-state index < -0.39 is 21.7 Å². The molecule has 67 heavy (non-hydrogen) atoms. The van der Waals surface area contributed by atoms with Gasteiger partial charge in [0.25, 0.3) is 11.8 Å². The van der Waals surface area contributed by atoms with Gasteiger partial charge in [-0.15, -0.1) is 5.60 Å². The van der Waals surface area contributed by atoms with Crippen LogP contribution in [0.5, 0.6) is 0 Å². The number of benzene rings is 2. The summed E-state index contributed by atoms with van der Waals surface area (Å²) in [4.78, 5) is 39.9. The van der Waals surface area contributed by atoms with Crippen molar-refractivity contribution in [3.8, 4) is 0 Å². The second-order valence-corrected chi connectivity index (χ2v) is 31.2. The molecule has 360 valence electrons. The predicted molar refractivity (Wildman–Crippen MR) is 275 cm³/mol. The molecule has 0 aliphatic heterocycles. The molecule has 6 rings (SSSR count). The van der Waals surface area contributed by atoms with Crippen molar-refractivity contribution in [2.45, 2.75) is 91.2 Å². The number of nitrogens with two attached hydrogens (primary N) is 1. The van der Waals surface area contributed by atoms with E-state index in [9.17, 15) is 14.7 Å². The Balaban J connectivity index is 0.000000356. The van der Waals surface area contributed by atoms with Crippen molar-refractivity contribution in [2.75, 3.05) is 38.4 Å². The summed E-state index contributed by atoms with van der Waals surface area (Å²) >= 11 is 30.7. The second kappa shape index (κ2) is 27.9. The molecule has 0 unspecified atom stereocenters. The number of hydrogen-bond acceptors (Lipinski definition) is 11. The number of ether oxygens (including phenoxy) is 2. The Morgan fingerprint density at radius 1 is 0.687 bits per heavy atom. The molecule has 15 nitrogen and oxygen atoms in total. The molecule has 4 aromatic heterocycles. The number of carbonyl (C=O) groups excluding carboxylic acids is 2. The zero-order chi connectivity index (χ0) is 49.6. The number of fused-ring (bicyclic) bond motifs is 2. The Bertz CT molecular complexity index is 2560. The van der Waals surface area contributed by atoms with Gasteiger partial charge in [0.1, 0.15) is 30.1 Å². The fourth-order valence-electron chi connectivity index (χ4n) is 5.45. The normalized spacial score (nSPS) is 11.3. The number of aromatic nitrogens is 6. The van der Waals surface area contributed by atoms with E-state index in [2.05, 4.69) is 75.2 Å². The van der Waals surface area contributed by atoms with Gasteiger partial charge in [-0.3, -0.25) is 9.59 Å². The van der Waals surface area contributed by atoms with Crippen molar-refractivity contribution < 1.29 is 75.6 Å². The Labute approximate surface area is 463 Å². The number of carbonyl (C=O) groups is 2. The fraction of sp³-hybridized carbons (Fsp3) is 0.409. The molecular weight excluding hydrogens is 1020 g/mol. The first kappa shape index (κ1) is 60.7. The van der Waals surface area contributed by atoms with Crippen LogP contribution >= 0.6 is 58.0 Å². The number of halogens is 5. The third-order valence-electron chi connectivity index (χ3n) is 8.78. The molecule has 2 amide bonds. The first-order valence-electron chi connectivity index (χ1n) is 20.8. The molecule has 0 aliphatic carbocycles. The van der Waals surface area contributed by atoms with Crippen LogP contribution in [0, 0.1) is 0 Å². The molecule has 5 N–H and O–H groups in total. The predicted octanol–water partition coefficient (Wildman–Crippen LogP) is 7.64. The summed E-state index contributed by atoms with van der Waals surface area (Å²) < 4.78 is 15.1. The van der Waals surface area contributed by atoms with Crippen LogP contribution < -0.4 is 78.2 Å². The molecule has 0 bridgehead atoms. The maximum absolute atomic E-state index is 12.2. The van der Waals surface area contributed by atoms with E-state index in [-0.39, 0.29) is 78.9 Å². The number of nitrogen functional groups attached to an aromatic ring is 1. The Hall–Kier alpha value is -2.38. The van der Waals surface area contributed by atoms with Crippen LogP contribution in [0.4, 0.5) is 17.2 Å². The summed E-state index contributed by atoms with van der Waals surface area (Å²) in [5.41, 5.74) is 8.04. The average Bonchev–Trinajstić information content (AvgIpc) is 3.71. The van der Waals surface area contributed by atoms with Gasteiger partial charge >= 0.3 is 51.4 Å². The number of nitrogens with zero attached hydrogens (tertiary/aromatic N) is 6. The molecule has 0 fully saturated rings. The van der Waals surface area contributed by atoms with Crippen molar-refractivity contribution in [1.29, 1.82) is 0 Å². The van der Waals surface area contributed by atoms with Crippen LogP contribution in [0.15, 0.2) is 60.9 Å². The van der Waals surface area contributed by atoms with Crippen LogP contribution in [-0.4, -0.2) is 89.9 Å². The summed E-state index contributed by atoms with van der Waals surface area (Å²) in [6, 6.07) is 16.3. The number of rotatable bonds is 14. The van der Waals surface area contributed by atoms with Crippen molar-refractivity contribution in [1.82, 2.24) is 39.7 Å². The zero-order valence-electron chi connectivity index (χ0n) is 40.2. The number of hydrogen-bond donors (Lipinski definition) is 4. The minimum atomic E-state index is -1.17. The number of nitrogens with one attached hydrogen (secondary N) is 3. The third kappa shape index (κ3) is 20.9. The Kier molecular flexibility index (Phi) is 25.3. The van der Waals surface area contributed by atoms with E-state index in [1.807, 2.05) is 10.6 Å². The molecule has 2 aromatic carbocycles. The minimum absolute atomic E-state index is 0. The van der Waals surface area contributed by atoms with Crippen LogP contribution in [-0.2, 0) is 22.9 Å². The Morgan fingerprint density at radius 3 is 1.58 bits per heavy atom. The second-order valence-electron chi connectivity index (χ2n) is 18.1. The van der Waals surface area contributed by atoms with Crippen molar-refractivity contribution in [3.05, 3.63) is 97.8 Å². The molecule has 0 saturated carbocycles.